The van der Waals surface area contributed by atoms with Gasteiger partial charge in [0.15, 0.2) is 12.4 Å². The summed E-state index contributed by atoms with van der Waals surface area (Å²) >= 11 is 11.7. The molecule has 2 heterocycles. The van der Waals surface area contributed by atoms with Gasteiger partial charge in [-0.15, -0.1) is 0 Å². The first-order chi connectivity index (χ1) is 14.7. The maximum absolute atomic E-state index is 12.8. The van der Waals surface area contributed by atoms with Crippen LogP contribution in [0, 0.1) is 6.92 Å². The van der Waals surface area contributed by atoms with Crippen molar-refractivity contribution in [3.63, 3.8) is 0 Å². The monoisotopic (exact) mass is 487 g/mol. The quantitative estimate of drug-likeness (QED) is 0.622. The first kappa shape index (κ1) is 23.4. The second kappa shape index (κ2) is 9.92. The molecule has 1 N–H and O–H groups in total. The van der Waals surface area contributed by atoms with E-state index in [4.69, 9.17) is 32.7 Å². The molecule has 0 unspecified atom stereocenters. The van der Waals surface area contributed by atoms with Crippen LogP contribution >= 0.6 is 23.2 Å². The predicted molar refractivity (Wildman–Crippen MR) is 114 cm³/mol. The van der Waals surface area contributed by atoms with E-state index < -0.39 is 28.5 Å². The van der Waals surface area contributed by atoms with Crippen molar-refractivity contribution in [3.8, 4) is 0 Å². The van der Waals surface area contributed by atoms with E-state index in [1.807, 2.05) is 0 Å². The van der Waals surface area contributed by atoms with Crippen LogP contribution in [0.5, 0.6) is 0 Å². The molecule has 0 saturated carbocycles. The van der Waals surface area contributed by atoms with Crippen molar-refractivity contribution in [2.75, 3.05) is 38.2 Å². The number of amides is 1. The van der Waals surface area contributed by atoms with Crippen molar-refractivity contribution in [1.29, 1.82) is 0 Å². The number of morpholine rings is 1. The Morgan fingerprint density at radius 3 is 2.61 bits per heavy atom. The summed E-state index contributed by atoms with van der Waals surface area (Å²) in [4.78, 5) is 28.4. The number of esters is 1. The summed E-state index contributed by atoms with van der Waals surface area (Å²) in [7, 11) is -3.78. The Bertz CT molecular complexity index is 1100. The molecule has 1 aromatic heterocycles. The zero-order chi connectivity index (χ0) is 22.6. The van der Waals surface area contributed by atoms with E-state index in [0.717, 1.165) is 0 Å². The molecule has 31 heavy (non-hydrogen) atoms. The molecule has 9 nitrogen and oxygen atoms in total. The summed E-state index contributed by atoms with van der Waals surface area (Å²) in [5, 5.41) is 2.84. The lowest BCUT2D eigenvalue weighted by Crippen LogP contribution is -2.40. The number of aryl methyl sites for hydroxylation is 1. The molecule has 1 fully saturated rings. The second-order valence-corrected chi connectivity index (χ2v) is 9.38. The summed E-state index contributed by atoms with van der Waals surface area (Å²) in [6, 6.07) is 5.60. The van der Waals surface area contributed by atoms with Crippen molar-refractivity contribution in [3.05, 3.63) is 51.6 Å². The number of anilines is 1. The third-order valence-electron chi connectivity index (χ3n) is 4.44. The summed E-state index contributed by atoms with van der Waals surface area (Å²) in [5.74, 6) is -1.43. The van der Waals surface area contributed by atoms with E-state index in [-0.39, 0.29) is 34.4 Å². The van der Waals surface area contributed by atoms with Gasteiger partial charge in [-0.05, 0) is 30.7 Å². The SMILES string of the molecule is Cc1ccc(S(=O)(=O)N2CCOCC2)cc1C(=O)OCC(=O)Nc1ncc(Cl)cc1Cl. The molecule has 0 bridgehead atoms. The molecule has 1 aromatic carbocycles. The van der Waals surface area contributed by atoms with E-state index >= 15 is 0 Å². The molecule has 166 valence electrons. The lowest BCUT2D eigenvalue weighted by molar-refractivity contribution is -0.119. The van der Waals surface area contributed by atoms with E-state index in [2.05, 4.69) is 10.3 Å². The molecule has 3 rings (SSSR count). The highest BCUT2D eigenvalue weighted by Gasteiger charge is 2.27. The van der Waals surface area contributed by atoms with E-state index in [9.17, 15) is 18.0 Å². The molecule has 12 heteroatoms. The molecule has 2 aromatic rings. The van der Waals surface area contributed by atoms with Gasteiger partial charge in [-0.25, -0.2) is 18.2 Å². The number of benzene rings is 1. The van der Waals surface area contributed by atoms with Crippen molar-refractivity contribution < 1.29 is 27.5 Å². The van der Waals surface area contributed by atoms with Crippen LogP contribution in [-0.2, 0) is 24.3 Å². The molecule has 0 atom stereocenters. The van der Waals surface area contributed by atoms with E-state index in [1.54, 1.807) is 6.92 Å². The van der Waals surface area contributed by atoms with Gasteiger partial charge in [-0.3, -0.25) is 4.79 Å². The number of hydrogen-bond donors (Lipinski definition) is 1. The molecular formula is C19H19Cl2N3O6S. The fraction of sp³-hybridized carbons (Fsp3) is 0.316. The summed E-state index contributed by atoms with van der Waals surface area (Å²) < 4.78 is 37.2. The largest absolute Gasteiger partial charge is 0.452 e. The zero-order valence-corrected chi connectivity index (χ0v) is 18.8. The summed E-state index contributed by atoms with van der Waals surface area (Å²) in [5.41, 5.74) is 0.554. The average molecular weight is 488 g/mol. The third-order valence-corrected chi connectivity index (χ3v) is 6.83. The number of hydrogen-bond acceptors (Lipinski definition) is 7. The summed E-state index contributed by atoms with van der Waals surface area (Å²) in [6.07, 6.45) is 1.30. The van der Waals surface area contributed by atoms with E-state index in [1.165, 1.54) is 34.8 Å². The van der Waals surface area contributed by atoms with Crippen LogP contribution in [0.3, 0.4) is 0 Å². The highest BCUT2D eigenvalue weighted by Crippen LogP contribution is 2.23. The van der Waals surface area contributed by atoms with Crippen LogP contribution in [0.1, 0.15) is 15.9 Å². The standard InChI is InChI=1S/C19H19Cl2N3O6S/c1-12-2-3-14(31(27,28)24-4-6-29-7-5-24)9-15(12)19(26)30-11-17(25)23-18-16(21)8-13(20)10-22-18/h2-3,8-10H,4-7,11H2,1H3,(H,22,23,25). The van der Waals surface area contributed by atoms with Crippen LogP contribution in [0.2, 0.25) is 10.0 Å². The molecule has 0 spiro atoms. The second-order valence-electron chi connectivity index (χ2n) is 6.60. The van der Waals surface area contributed by atoms with E-state index in [0.29, 0.717) is 23.8 Å². The number of carbonyl (C=O) groups is 2. The Kier molecular flexibility index (Phi) is 7.50. The molecule has 1 aliphatic heterocycles. The van der Waals surface area contributed by atoms with Gasteiger partial charge in [0.25, 0.3) is 5.91 Å². The van der Waals surface area contributed by atoms with Crippen LogP contribution in [-0.4, -0.2) is 62.5 Å². The molecule has 1 aliphatic rings. The minimum Gasteiger partial charge on any atom is -0.452 e. The van der Waals surface area contributed by atoms with Gasteiger partial charge in [-0.1, -0.05) is 29.3 Å². The number of halogens is 2. The highest BCUT2D eigenvalue weighted by molar-refractivity contribution is 7.89. The number of rotatable bonds is 6. The van der Waals surface area contributed by atoms with Gasteiger partial charge in [0.1, 0.15) is 0 Å². The Morgan fingerprint density at radius 2 is 1.94 bits per heavy atom. The Balaban J connectivity index is 1.68. The smallest absolute Gasteiger partial charge is 0.338 e. The minimum atomic E-state index is -3.78. The number of aromatic nitrogens is 1. The van der Waals surface area contributed by atoms with Gasteiger partial charge in [-0.2, -0.15) is 4.31 Å². The van der Waals surface area contributed by atoms with Gasteiger partial charge >= 0.3 is 5.97 Å². The number of pyridine rings is 1. The van der Waals surface area contributed by atoms with Gasteiger partial charge < -0.3 is 14.8 Å². The van der Waals surface area contributed by atoms with Crippen molar-refractivity contribution in [2.45, 2.75) is 11.8 Å². The zero-order valence-electron chi connectivity index (χ0n) is 16.4. The summed E-state index contributed by atoms with van der Waals surface area (Å²) in [6.45, 7) is 2.11. The van der Waals surface area contributed by atoms with Crippen LogP contribution in [0.4, 0.5) is 5.82 Å². The normalized spacial score (nSPS) is 14.8. The average Bonchev–Trinajstić information content (AvgIpc) is 2.75. The first-order valence-corrected chi connectivity index (χ1v) is 11.3. The van der Waals surface area contributed by atoms with Crippen molar-refractivity contribution in [1.82, 2.24) is 9.29 Å². The fourth-order valence-electron chi connectivity index (χ4n) is 2.80. The number of carbonyl (C=O) groups excluding carboxylic acids is 2. The molecule has 1 saturated heterocycles. The number of ether oxygens (including phenoxy) is 2. The van der Waals surface area contributed by atoms with Gasteiger partial charge in [0.05, 0.1) is 33.7 Å². The maximum atomic E-state index is 12.8. The molecule has 1 amide bonds. The first-order valence-electron chi connectivity index (χ1n) is 9.15. The number of nitrogens with one attached hydrogen (secondary N) is 1. The van der Waals surface area contributed by atoms with Crippen LogP contribution in [0.25, 0.3) is 0 Å². The van der Waals surface area contributed by atoms with Crippen molar-refractivity contribution >= 4 is 50.9 Å². The Hall–Kier alpha value is -2.24. The Morgan fingerprint density at radius 1 is 1.23 bits per heavy atom. The predicted octanol–water partition coefficient (Wildman–Crippen LogP) is 2.51. The van der Waals surface area contributed by atoms with Gasteiger partial charge in [0.2, 0.25) is 10.0 Å². The van der Waals surface area contributed by atoms with Gasteiger partial charge in [0, 0.05) is 19.3 Å². The van der Waals surface area contributed by atoms with Crippen molar-refractivity contribution in [2.24, 2.45) is 0 Å². The Labute approximate surface area is 189 Å². The highest BCUT2D eigenvalue weighted by atomic mass is 35.5. The topological polar surface area (TPSA) is 115 Å². The molecular weight excluding hydrogens is 469 g/mol. The third kappa shape index (κ3) is 5.72. The lowest BCUT2D eigenvalue weighted by Gasteiger charge is -2.26. The number of nitrogens with zero attached hydrogens (tertiary/aromatic N) is 2. The van der Waals surface area contributed by atoms with Crippen LogP contribution in [0.15, 0.2) is 35.4 Å². The number of sulfonamides is 1. The lowest BCUT2D eigenvalue weighted by atomic mass is 10.1. The fourth-order valence-corrected chi connectivity index (χ4v) is 4.66. The molecule has 0 radical (unpaired) electrons. The minimum absolute atomic E-state index is 0.0338. The van der Waals surface area contributed by atoms with Crippen LogP contribution < -0.4 is 5.32 Å². The molecule has 0 aliphatic carbocycles. The maximum Gasteiger partial charge on any atom is 0.338 e.